The second-order valence-electron chi connectivity index (χ2n) is 3.31. The van der Waals surface area contributed by atoms with Crippen LogP contribution in [-0.4, -0.2) is 16.5 Å². The van der Waals surface area contributed by atoms with Crippen molar-refractivity contribution in [1.29, 1.82) is 0 Å². The number of anilines is 1. The van der Waals surface area contributed by atoms with Crippen molar-refractivity contribution in [2.75, 3.05) is 11.6 Å². The molecule has 2 heterocycles. The van der Waals surface area contributed by atoms with Gasteiger partial charge in [-0.25, -0.2) is 10.4 Å². The predicted octanol–water partition coefficient (Wildman–Crippen LogP) is 1.22. The molecule has 2 rings (SSSR count). The summed E-state index contributed by atoms with van der Waals surface area (Å²) >= 11 is 0. The molecular weight excluding hydrogens is 196 g/mol. The molecule has 15 heavy (non-hydrogen) atoms. The molecule has 0 radical (unpaired) electrons. The molecule has 0 spiro atoms. The first-order chi connectivity index (χ1) is 7.16. The fourth-order valence-corrected chi connectivity index (χ4v) is 1.30. The molecule has 1 aromatic rings. The maximum absolute atomic E-state index is 10.4. The molecule has 0 bridgehead atoms. The van der Waals surface area contributed by atoms with Crippen molar-refractivity contribution in [1.82, 2.24) is 10.4 Å². The summed E-state index contributed by atoms with van der Waals surface area (Å²) in [4.78, 5) is 13.9. The van der Waals surface area contributed by atoms with E-state index in [0.29, 0.717) is 5.82 Å². The first-order valence-corrected chi connectivity index (χ1v) is 4.47. The van der Waals surface area contributed by atoms with Crippen molar-refractivity contribution in [2.45, 2.75) is 6.92 Å². The van der Waals surface area contributed by atoms with Crippen LogP contribution < -0.4 is 10.4 Å². The number of nitrogens with one attached hydrogen (secondary N) is 1. The lowest BCUT2D eigenvalue weighted by molar-refractivity contribution is -0.385. The molecule has 1 aliphatic heterocycles. The van der Waals surface area contributed by atoms with Crippen LogP contribution in [0.15, 0.2) is 30.1 Å². The van der Waals surface area contributed by atoms with E-state index in [4.69, 9.17) is 0 Å². The largest absolute Gasteiger partial charge is 0.287 e. The van der Waals surface area contributed by atoms with Crippen LogP contribution in [0.1, 0.15) is 6.92 Å². The number of rotatable bonds is 2. The van der Waals surface area contributed by atoms with Gasteiger partial charge in [0.25, 0.3) is 5.69 Å². The van der Waals surface area contributed by atoms with Crippen LogP contribution in [0.2, 0.25) is 0 Å². The maximum atomic E-state index is 10.4. The Labute approximate surface area is 86.3 Å². The van der Waals surface area contributed by atoms with E-state index in [-0.39, 0.29) is 5.69 Å². The average Bonchev–Trinajstić information content (AvgIpc) is 2.65. The van der Waals surface area contributed by atoms with E-state index in [9.17, 15) is 10.1 Å². The Hall–Kier alpha value is -1.95. The van der Waals surface area contributed by atoms with Gasteiger partial charge in [0.15, 0.2) is 0 Å². The Morgan fingerprint density at radius 1 is 1.60 bits per heavy atom. The molecule has 1 aromatic heterocycles. The number of nitrogens with zero attached hydrogens (tertiary/aromatic N) is 3. The van der Waals surface area contributed by atoms with Crippen LogP contribution in [0.5, 0.6) is 0 Å². The smallest absolute Gasteiger partial charge is 0.267 e. The molecule has 6 heteroatoms. The normalized spacial score (nSPS) is 15.3. The van der Waals surface area contributed by atoms with Gasteiger partial charge in [0, 0.05) is 18.8 Å². The summed E-state index contributed by atoms with van der Waals surface area (Å²) in [7, 11) is 0. The highest BCUT2D eigenvalue weighted by atomic mass is 16.6. The SMILES string of the molecule is CC1=CN(c2ccc([N+](=O)[O-])cn2)NC1. The van der Waals surface area contributed by atoms with Crippen molar-refractivity contribution in [2.24, 2.45) is 0 Å². The van der Waals surface area contributed by atoms with Gasteiger partial charge < -0.3 is 0 Å². The Morgan fingerprint density at radius 3 is 2.87 bits per heavy atom. The van der Waals surface area contributed by atoms with Gasteiger partial charge in [0.05, 0.1) is 4.92 Å². The highest BCUT2D eigenvalue weighted by Gasteiger charge is 2.13. The van der Waals surface area contributed by atoms with Gasteiger partial charge >= 0.3 is 0 Å². The molecule has 1 aliphatic rings. The summed E-state index contributed by atoms with van der Waals surface area (Å²) in [5.74, 6) is 0.650. The zero-order valence-electron chi connectivity index (χ0n) is 8.17. The summed E-state index contributed by atoms with van der Waals surface area (Å²) in [5.41, 5.74) is 4.27. The molecule has 78 valence electrons. The average molecular weight is 206 g/mol. The van der Waals surface area contributed by atoms with Crippen molar-refractivity contribution in [3.63, 3.8) is 0 Å². The van der Waals surface area contributed by atoms with Crippen molar-refractivity contribution in [3.8, 4) is 0 Å². The third kappa shape index (κ3) is 1.94. The fraction of sp³-hybridized carbons (Fsp3) is 0.222. The number of hydrogen-bond acceptors (Lipinski definition) is 5. The van der Waals surface area contributed by atoms with Crippen LogP contribution in [-0.2, 0) is 0 Å². The second kappa shape index (κ2) is 3.66. The van der Waals surface area contributed by atoms with E-state index < -0.39 is 4.92 Å². The molecule has 0 amide bonds. The summed E-state index contributed by atoms with van der Waals surface area (Å²) in [6.07, 6.45) is 3.16. The molecule has 0 atom stereocenters. The van der Waals surface area contributed by atoms with Crippen LogP contribution in [0.25, 0.3) is 0 Å². The molecule has 0 aromatic carbocycles. The fourth-order valence-electron chi connectivity index (χ4n) is 1.30. The van der Waals surface area contributed by atoms with Gasteiger partial charge in [-0.1, -0.05) is 0 Å². The minimum absolute atomic E-state index is 0.00125. The molecule has 0 saturated carbocycles. The van der Waals surface area contributed by atoms with E-state index in [0.717, 1.165) is 6.54 Å². The van der Waals surface area contributed by atoms with Gasteiger partial charge in [0.1, 0.15) is 12.0 Å². The zero-order chi connectivity index (χ0) is 10.8. The van der Waals surface area contributed by atoms with E-state index in [1.54, 1.807) is 11.1 Å². The van der Waals surface area contributed by atoms with Crippen LogP contribution in [0.4, 0.5) is 11.5 Å². The molecule has 6 nitrogen and oxygen atoms in total. The quantitative estimate of drug-likeness (QED) is 0.581. The summed E-state index contributed by atoms with van der Waals surface area (Å²) in [5, 5.41) is 12.2. The van der Waals surface area contributed by atoms with Crippen molar-refractivity contribution < 1.29 is 4.92 Å². The predicted molar refractivity (Wildman–Crippen MR) is 55.1 cm³/mol. The number of hydrazine groups is 1. The Morgan fingerprint density at radius 2 is 2.40 bits per heavy atom. The molecule has 0 unspecified atom stereocenters. The van der Waals surface area contributed by atoms with Crippen molar-refractivity contribution in [3.05, 3.63) is 40.2 Å². The van der Waals surface area contributed by atoms with Gasteiger partial charge in [-0.3, -0.25) is 15.1 Å². The molecule has 0 aliphatic carbocycles. The zero-order valence-corrected chi connectivity index (χ0v) is 8.17. The lowest BCUT2D eigenvalue weighted by atomic mass is 10.3. The summed E-state index contributed by atoms with van der Waals surface area (Å²) < 4.78 is 0. The Kier molecular flexibility index (Phi) is 2.34. The van der Waals surface area contributed by atoms with E-state index >= 15 is 0 Å². The third-order valence-electron chi connectivity index (χ3n) is 2.07. The minimum Gasteiger partial charge on any atom is -0.267 e. The van der Waals surface area contributed by atoms with Crippen LogP contribution >= 0.6 is 0 Å². The van der Waals surface area contributed by atoms with Gasteiger partial charge in [0.2, 0.25) is 0 Å². The highest BCUT2D eigenvalue weighted by Crippen LogP contribution is 2.17. The van der Waals surface area contributed by atoms with Crippen LogP contribution in [0.3, 0.4) is 0 Å². The summed E-state index contributed by atoms with van der Waals surface area (Å²) in [6.45, 7) is 2.77. The first-order valence-electron chi connectivity index (χ1n) is 4.47. The second-order valence-corrected chi connectivity index (χ2v) is 3.31. The van der Waals surface area contributed by atoms with Gasteiger partial charge in [-0.2, -0.15) is 0 Å². The lowest BCUT2D eigenvalue weighted by Gasteiger charge is -2.13. The first kappa shape index (κ1) is 9.60. The molecule has 0 saturated heterocycles. The Balaban J connectivity index is 2.21. The van der Waals surface area contributed by atoms with E-state index in [1.807, 2.05) is 13.1 Å². The molecule has 0 fully saturated rings. The van der Waals surface area contributed by atoms with Crippen LogP contribution in [0, 0.1) is 10.1 Å². The van der Waals surface area contributed by atoms with E-state index in [1.165, 1.54) is 17.8 Å². The topological polar surface area (TPSA) is 71.3 Å². The molecular formula is C9H10N4O2. The van der Waals surface area contributed by atoms with Gasteiger partial charge in [-0.15, -0.1) is 0 Å². The lowest BCUT2D eigenvalue weighted by Crippen LogP contribution is -2.28. The van der Waals surface area contributed by atoms with Gasteiger partial charge in [-0.05, 0) is 18.6 Å². The maximum Gasteiger partial charge on any atom is 0.287 e. The minimum atomic E-state index is -0.463. The number of pyridine rings is 1. The molecule has 1 N–H and O–H groups in total. The number of aromatic nitrogens is 1. The van der Waals surface area contributed by atoms with E-state index in [2.05, 4.69) is 10.4 Å². The van der Waals surface area contributed by atoms with Crippen molar-refractivity contribution >= 4 is 11.5 Å². The number of hydrogen-bond donors (Lipinski definition) is 1. The number of nitro groups is 1. The summed E-state index contributed by atoms with van der Waals surface area (Å²) in [6, 6.07) is 3.05. The monoisotopic (exact) mass is 206 g/mol. The highest BCUT2D eigenvalue weighted by molar-refractivity contribution is 5.46. The Bertz CT molecular complexity index is 413. The standard InChI is InChI=1S/C9H10N4O2/c1-7-4-11-12(6-7)9-3-2-8(5-10-9)13(14)15/h2-3,5-6,11H,4H2,1H3. The third-order valence-corrected chi connectivity index (χ3v) is 2.07.